The molecule has 0 aliphatic rings. The van der Waals surface area contributed by atoms with Crippen molar-refractivity contribution < 1.29 is 8.85 Å². The summed E-state index contributed by atoms with van der Waals surface area (Å²) < 4.78 is 12.6. The van der Waals surface area contributed by atoms with E-state index in [9.17, 15) is 0 Å². The van der Waals surface area contributed by atoms with Crippen LogP contribution in [0.4, 0.5) is 0 Å². The first kappa shape index (κ1) is 25.1. The van der Waals surface area contributed by atoms with Gasteiger partial charge in [-0.3, -0.25) is 0 Å². The maximum absolute atomic E-state index is 6.31. The third-order valence-corrected chi connectivity index (χ3v) is 9.53. The highest BCUT2D eigenvalue weighted by Gasteiger charge is 2.37. The van der Waals surface area contributed by atoms with Crippen LogP contribution in [0.5, 0.6) is 5.75 Å². The van der Waals surface area contributed by atoms with Crippen molar-refractivity contribution in [2.75, 3.05) is 6.61 Å². The molecule has 156 valence electrons. The fourth-order valence-corrected chi connectivity index (χ4v) is 6.17. The summed E-state index contributed by atoms with van der Waals surface area (Å²) >= 11 is 18.7. The molecular formula is C21H35Cl3O2Si. The van der Waals surface area contributed by atoms with Gasteiger partial charge >= 0.3 is 8.56 Å². The van der Waals surface area contributed by atoms with E-state index in [0.717, 1.165) is 25.1 Å². The second kappa shape index (κ2) is 14.1. The predicted octanol–water partition coefficient (Wildman–Crippen LogP) is 9.05. The van der Waals surface area contributed by atoms with Crippen LogP contribution in [-0.4, -0.2) is 15.2 Å². The molecule has 0 bridgehead atoms. The van der Waals surface area contributed by atoms with Gasteiger partial charge in [0.25, 0.3) is 0 Å². The molecule has 0 radical (unpaired) electrons. The Morgan fingerprint density at radius 3 is 1.81 bits per heavy atom. The number of unbranched alkanes of at least 4 members (excludes halogenated alkanes) is 8. The Labute approximate surface area is 182 Å². The second-order valence-corrected chi connectivity index (χ2v) is 12.0. The van der Waals surface area contributed by atoms with Gasteiger partial charge in [-0.25, -0.2) is 0 Å². The Hall–Kier alpha value is 0.0669. The molecule has 2 nitrogen and oxygen atoms in total. The van der Waals surface area contributed by atoms with Crippen LogP contribution < -0.4 is 4.43 Å². The van der Waals surface area contributed by atoms with Crippen LogP contribution >= 0.6 is 34.8 Å². The van der Waals surface area contributed by atoms with E-state index in [-0.39, 0.29) is 0 Å². The fraction of sp³-hybridized carbons (Fsp3) is 0.714. The van der Waals surface area contributed by atoms with Crippen molar-refractivity contribution in [1.29, 1.82) is 0 Å². The van der Waals surface area contributed by atoms with Gasteiger partial charge in [0.1, 0.15) is 10.8 Å². The molecular weight excluding hydrogens is 419 g/mol. The molecule has 0 aliphatic heterocycles. The molecule has 0 saturated heterocycles. The fourth-order valence-electron chi connectivity index (χ4n) is 3.09. The maximum Gasteiger partial charge on any atom is 0.398 e. The summed E-state index contributed by atoms with van der Waals surface area (Å²) in [5, 5.41) is 1.30. The van der Waals surface area contributed by atoms with Gasteiger partial charge in [0.05, 0.1) is 10.0 Å². The zero-order valence-electron chi connectivity index (χ0n) is 17.1. The van der Waals surface area contributed by atoms with E-state index in [0.29, 0.717) is 20.8 Å². The zero-order chi connectivity index (χ0) is 20.1. The Kier molecular flexibility index (Phi) is 13.1. The standard InChI is InChI=1S/C21H35Cl3O2Si/c1-4-7-8-9-10-11-12-13-14-17-25-27(5-2,6-3)26-21-19(23)16-15-18(22)20(21)24/h15-16H,4-14,17H2,1-3H3. The molecule has 0 N–H and O–H groups in total. The van der Waals surface area contributed by atoms with Crippen molar-refractivity contribution in [3.8, 4) is 5.75 Å². The van der Waals surface area contributed by atoms with Crippen LogP contribution in [0.1, 0.15) is 78.6 Å². The molecule has 0 aliphatic carbocycles. The van der Waals surface area contributed by atoms with Crippen molar-refractivity contribution >= 4 is 43.4 Å². The molecule has 6 heteroatoms. The number of hydrogen-bond acceptors (Lipinski definition) is 2. The number of rotatable bonds is 15. The summed E-state index contributed by atoms with van der Waals surface area (Å²) in [5.41, 5.74) is 0. The molecule has 27 heavy (non-hydrogen) atoms. The average Bonchev–Trinajstić information content (AvgIpc) is 2.68. The molecule has 0 fully saturated rings. The van der Waals surface area contributed by atoms with Crippen LogP contribution in [0, 0.1) is 0 Å². The van der Waals surface area contributed by atoms with Crippen LogP contribution in [-0.2, 0) is 4.43 Å². The second-order valence-electron chi connectivity index (χ2n) is 7.07. The summed E-state index contributed by atoms with van der Waals surface area (Å²) in [4.78, 5) is 0. The van der Waals surface area contributed by atoms with Gasteiger partial charge in [-0.2, -0.15) is 0 Å². The lowest BCUT2D eigenvalue weighted by molar-refractivity contribution is 0.230. The normalized spacial score (nSPS) is 11.8. The van der Waals surface area contributed by atoms with Crippen LogP contribution in [0.25, 0.3) is 0 Å². The van der Waals surface area contributed by atoms with Gasteiger partial charge in [0.2, 0.25) is 0 Å². The van der Waals surface area contributed by atoms with Crippen molar-refractivity contribution in [3.63, 3.8) is 0 Å². The summed E-state index contributed by atoms with van der Waals surface area (Å²) in [6, 6.07) is 5.10. The SMILES string of the molecule is CCCCCCCCCCCO[Si](CC)(CC)Oc1c(Cl)ccc(Cl)c1Cl. The van der Waals surface area contributed by atoms with E-state index < -0.39 is 8.56 Å². The van der Waals surface area contributed by atoms with Crippen molar-refractivity contribution in [2.24, 2.45) is 0 Å². The molecule has 0 heterocycles. The lowest BCUT2D eigenvalue weighted by Crippen LogP contribution is -2.44. The van der Waals surface area contributed by atoms with Crippen molar-refractivity contribution in [2.45, 2.75) is 90.6 Å². The van der Waals surface area contributed by atoms with Crippen LogP contribution in [0.2, 0.25) is 27.2 Å². The summed E-state index contributed by atoms with van der Waals surface area (Å²) in [7, 11) is -2.39. The third-order valence-electron chi connectivity index (χ3n) is 4.98. The average molecular weight is 454 g/mol. The van der Waals surface area contributed by atoms with Crippen LogP contribution in [0.15, 0.2) is 12.1 Å². The van der Waals surface area contributed by atoms with Crippen molar-refractivity contribution in [1.82, 2.24) is 0 Å². The largest absolute Gasteiger partial charge is 0.518 e. The monoisotopic (exact) mass is 452 g/mol. The molecule has 0 atom stereocenters. The maximum atomic E-state index is 6.31. The number of halogens is 3. The third kappa shape index (κ3) is 8.95. The van der Waals surface area contributed by atoms with E-state index >= 15 is 0 Å². The smallest absolute Gasteiger partial charge is 0.398 e. The lowest BCUT2D eigenvalue weighted by atomic mass is 10.1. The summed E-state index contributed by atoms with van der Waals surface area (Å²) in [6.45, 7) is 7.21. The predicted molar refractivity (Wildman–Crippen MR) is 122 cm³/mol. The first-order valence-electron chi connectivity index (χ1n) is 10.5. The van der Waals surface area contributed by atoms with Gasteiger partial charge in [-0.05, 0) is 30.6 Å². The Morgan fingerprint density at radius 2 is 1.26 bits per heavy atom. The molecule has 1 aromatic rings. The summed E-state index contributed by atoms with van der Waals surface area (Å²) in [5.74, 6) is 0.466. The number of benzene rings is 1. The quantitative estimate of drug-likeness (QED) is 0.150. The lowest BCUT2D eigenvalue weighted by Gasteiger charge is -2.30. The first-order valence-corrected chi connectivity index (χ1v) is 13.8. The highest BCUT2D eigenvalue weighted by atomic mass is 35.5. The molecule has 0 saturated carbocycles. The molecule has 0 unspecified atom stereocenters. The number of hydrogen-bond donors (Lipinski definition) is 0. The Balaban J connectivity index is 2.42. The van der Waals surface area contributed by atoms with E-state index in [1.165, 1.54) is 51.4 Å². The zero-order valence-corrected chi connectivity index (χ0v) is 20.4. The minimum absolute atomic E-state index is 0.370. The van der Waals surface area contributed by atoms with Gasteiger partial charge in [-0.1, -0.05) is 107 Å². The van der Waals surface area contributed by atoms with E-state index in [1.807, 2.05) is 0 Å². The van der Waals surface area contributed by atoms with Gasteiger partial charge in [-0.15, -0.1) is 0 Å². The molecule has 0 amide bonds. The van der Waals surface area contributed by atoms with E-state index in [4.69, 9.17) is 43.7 Å². The Morgan fingerprint density at radius 1 is 0.741 bits per heavy atom. The summed E-state index contributed by atoms with van der Waals surface area (Å²) in [6.07, 6.45) is 11.7. The minimum Gasteiger partial charge on any atom is -0.518 e. The van der Waals surface area contributed by atoms with E-state index in [2.05, 4.69) is 20.8 Å². The molecule has 1 rings (SSSR count). The molecule has 1 aromatic carbocycles. The van der Waals surface area contributed by atoms with Crippen molar-refractivity contribution in [3.05, 3.63) is 27.2 Å². The van der Waals surface area contributed by atoms with Gasteiger partial charge < -0.3 is 8.85 Å². The molecule has 0 aromatic heterocycles. The topological polar surface area (TPSA) is 18.5 Å². The van der Waals surface area contributed by atoms with Crippen LogP contribution in [0.3, 0.4) is 0 Å². The molecule has 0 spiro atoms. The highest BCUT2D eigenvalue weighted by Crippen LogP contribution is 2.40. The van der Waals surface area contributed by atoms with Gasteiger partial charge in [0, 0.05) is 6.61 Å². The van der Waals surface area contributed by atoms with E-state index in [1.54, 1.807) is 12.1 Å². The van der Waals surface area contributed by atoms with Gasteiger partial charge in [0.15, 0.2) is 0 Å². The minimum atomic E-state index is -2.39. The highest BCUT2D eigenvalue weighted by molar-refractivity contribution is 6.68. The first-order chi connectivity index (χ1) is 13.0. The Bertz CT molecular complexity index is 536.